The van der Waals surface area contributed by atoms with Gasteiger partial charge in [0.15, 0.2) is 0 Å². The Balaban J connectivity index is 1.13. The number of nitrogens with one attached hydrogen (secondary N) is 9. The molecular formula is C92H115BrN12O19. The third-order valence-electron chi connectivity index (χ3n) is 20.2. The summed E-state index contributed by atoms with van der Waals surface area (Å²) in [5.41, 5.74) is 8.57. The van der Waals surface area contributed by atoms with Crippen molar-refractivity contribution >= 4 is 110 Å². The predicted molar refractivity (Wildman–Crippen MR) is 468 cm³/mol. The van der Waals surface area contributed by atoms with Crippen LogP contribution in [-0.2, 0) is 97.4 Å². The van der Waals surface area contributed by atoms with E-state index in [1.54, 1.807) is 172 Å². The number of aliphatic carboxylic acids is 1. The molecule has 124 heavy (non-hydrogen) atoms. The molecule has 11 amide bonds. The third kappa shape index (κ3) is 28.6. The van der Waals surface area contributed by atoms with Crippen molar-refractivity contribution in [2.75, 3.05) is 19.0 Å². The summed E-state index contributed by atoms with van der Waals surface area (Å²) in [5.74, 6) is -13.0. The Bertz CT molecular complexity index is 4940. The average molecular weight is 1770 g/mol. The normalized spacial score (nSPS) is 14.6. The van der Waals surface area contributed by atoms with Crippen molar-refractivity contribution < 1.29 is 91.2 Å². The van der Waals surface area contributed by atoms with Crippen molar-refractivity contribution in [3.8, 4) is 16.9 Å². The van der Waals surface area contributed by atoms with E-state index in [1.807, 2.05) is 69.3 Å². The highest BCUT2D eigenvalue weighted by atomic mass is 79.9. The lowest BCUT2D eigenvalue weighted by molar-refractivity contribution is -0.156. The number of nitrogens with zero attached hydrogens (tertiary/aromatic N) is 2. The first-order valence-corrected chi connectivity index (χ1v) is 42.3. The Morgan fingerprint density at radius 2 is 0.919 bits per heavy atom. The molecule has 6 aromatic carbocycles. The summed E-state index contributed by atoms with van der Waals surface area (Å²) < 4.78 is 24.9. The van der Waals surface area contributed by atoms with Crippen LogP contribution in [0.25, 0.3) is 22.0 Å². The Kier molecular flexibility index (Phi) is 34.0. The number of halogens is 1. The number of hydrogen-bond donors (Lipinski definition) is 11. The van der Waals surface area contributed by atoms with E-state index in [0.717, 1.165) is 27.2 Å². The molecule has 664 valence electrons. The molecule has 8 rings (SSSR count). The second-order valence-corrected chi connectivity index (χ2v) is 35.1. The van der Waals surface area contributed by atoms with Crippen molar-refractivity contribution in [3.05, 3.63) is 197 Å². The summed E-state index contributed by atoms with van der Waals surface area (Å²) >= 11 is 3.42. The number of primary amides is 1. The van der Waals surface area contributed by atoms with Gasteiger partial charge in [-0.3, -0.25) is 57.3 Å². The number of aromatic nitrogens is 1. The number of carbonyl (C=O) groups excluding carboxylic acids is 13. The van der Waals surface area contributed by atoms with Crippen LogP contribution in [-0.4, -0.2) is 194 Å². The number of alkyl carbamates (subject to hydrolysis) is 1. The van der Waals surface area contributed by atoms with Crippen LogP contribution in [0.3, 0.4) is 0 Å². The number of ether oxygens (including phenoxy) is 4. The second-order valence-electron chi connectivity index (χ2n) is 34.5. The fourth-order valence-electron chi connectivity index (χ4n) is 14.0. The zero-order valence-corrected chi connectivity index (χ0v) is 74.2. The fraction of sp³-hybridized carbons (Fsp3) is 0.435. The van der Waals surface area contributed by atoms with Crippen molar-refractivity contribution in [2.45, 2.75) is 225 Å². The Morgan fingerprint density at radius 3 is 1.42 bits per heavy atom. The van der Waals surface area contributed by atoms with Gasteiger partial charge in [-0.25, -0.2) is 14.4 Å². The van der Waals surface area contributed by atoms with Crippen molar-refractivity contribution in [3.63, 3.8) is 0 Å². The van der Waals surface area contributed by atoms with Gasteiger partial charge in [0.25, 0.3) is 0 Å². The van der Waals surface area contributed by atoms with E-state index in [-0.39, 0.29) is 55.0 Å². The Hall–Kier alpha value is -12.5. The van der Waals surface area contributed by atoms with Gasteiger partial charge in [-0.1, -0.05) is 176 Å². The molecule has 11 atom stereocenters. The molecule has 0 saturated carbocycles. The topological polar surface area (TPSA) is 439 Å². The number of para-hydroxylation sites is 1. The first-order valence-electron chi connectivity index (χ1n) is 41.1. The van der Waals surface area contributed by atoms with Gasteiger partial charge in [-0.05, 0) is 157 Å². The summed E-state index contributed by atoms with van der Waals surface area (Å²) in [5, 5.41) is 34.1. The number of hydrogen-bond acceptors (Lipinski definition) is 18. The van der Waals surface area contributed by atoms with Crippen LogP contribution in [0.15, 0.2) is 164 Å². The second kappa shape index (κ2) is 43.5. The number of carbonyl (C=O) groups is 14. The number of amides is 11. The number of fused-ring (bicyclic) bond motifs is 4. The highest BCUT2D eigenvalue weighted by Gasteiger charge is 2.41. The number of nitrogens with two attached hydrogens (primary N) is 1. The zero-order valence-electron chi connectivity index (χ0n) is 72.6. The zero-order chi connectivity index (χ0) is 91.2. The molecule has 31 nitrogen and oxygen atoms in total. The molecule has 0 spiro atoms. The quantitative estimate of drug-likeness (QED) is 0.00980. The first kappa shape index (κ1) is 97.0. The van der Waals surface area contributed by atoms with E-state index in [0.29, 0.717) is 33.3 Å². The van der Waals surface area contributed by atoms with E-state index in [2.05, 4.69) is 63.8 Å². The number of benzene rings is 6. The molecule has 12 N–H and O–H groups in total. The van der Waals surface area contributed by atoms with Crippen LogP contribution in [0.4, 0.5) is 9.59 Å². The maximum Gasteiger partial charge on any atom is 0.419 e. The van der Waals surface area contributed by atoms with Crippen molar-refractivity contribution in [2.24, 2.45) is 17.6 Å². The van der Waals surface area contributed by atoms with E-state index in [4.69, 9.17) is 24.7 Å². The van der Waals surface area contributed by atoms with Crippen LogP contribution in [0.5, 0.6) is 5.75 Å². The van der Waals surface area contributed by atoms with Gasteiger partial charge in [0, 0.05) is 55.6 Å². The minimum absolute atomic E-state index is 0.0977. The largest absolute Gasteiger partial charge is 0.488 e. The van der Waals surface area contributed by atoms with Gasteiger partial charge in [0.2, 0.25) is 59.1 Å². The molecule has 1 heterocycles. The number of esters is 1. The summed E-state index contributed by atoms with van der Waals surface area (Å²) in [6, 6.07) is 30.7. The standard InChI is InChI=1S/C92H115BrN12O19/c1-52(2)42-67(80(110)98-69(43-56-28-18-16-19-29-56)85(115)103-77(53(3)49-93)86(116)104(15)55(5)79(109)95-54(4)78(108)101-73(87(117)118)47-75(94)106)96-83(113)71(46-59-50-105(89(120)124-92(12,13)14)74-37-27-26-32-61(59)74)99-84(114)72(48-76(107)123-91(9,10)11)100-81(111)68(45-58-38-40-60(41-39-58)122-90(6,7)8)97-82(112)70(44-57-30-20-17-21-31-57)102-88(119)121-51-66-64-35-24-22-33-62(64)63-34-23-25-36-65(63)66/h16-41,50,52-55,66-73,77H,42-49,51H2,1-15H3,(H2,94,106)(H,95,109)(H,96,113)(H,97,112)(H,98,110)(H,99,114)(H,100,111)(H,101,108)(H,102,119)(H,103,115)(H,117,118)/t53?,54-,55+,67+,68+,69+,70+,71+,72+,73+,77+/m1/s1. The molecule has 1 aliphatic rings. The highest BCUT2D eigenvalue weighted by molar-refractivity contribution is 9.09. The smallest absolute Gasteiger partial charge is 0.419 e. The SMILES string of the molecule is CC(C)C[C@H](NC(=O)[C@H](Cc1cn(C(=O)OC(C)(C)C)c2ccccc12)NC(=O)[C@H](CC(=O)OC(C)(C)C)NC(=O)[C@H](Cc1ccc(OC(C)(C)C)cc1)NC(=O)[C@H](Cc1ccccc1)NC(=O)OCC1c2ccccc2-c2ccccc21)C(=O)N[C@@H](Cc1ccccc1)C(=O)N[C@H](C(=O)N(C)[C@@H](C)C(=O)N[C@H](C)C(=O)N[C@@H](CC(N)=O)C(=O)O)C(C)CBr. The van der Waals surface area contributed by atoms with Crippen LogP contribution in [0.2, 0.25) is 0 Å². The molecule has 7 aromatic rings. The molecule has 0 fully saturated rings. The lowest BCUT2D eigenvalue weighted by atomic mass is 9.98. The maximum absolute atomic E-state index is 15.8. The summed E-state index contributed by atoms with van der Waals surface area (Å²) in [7, 11) is 1.28. The van der Waals surface area contributed by atoms with E-state index < -0.39 is 186 Å². The van der Waals surface area contributed by atoms with Gasteiger partial charge in [-0.15, -0.1) is 0 Å². The van der Waals surface area contributed by atoms with Crippen LogP contribution < -0.4 is 58.3 Å². The van der Waals surface area contributed by atoms with Gasteiger partial charge < -0.3 is 82.5 Å². The number of likely N-dealkylation sites (N-methyl/N-ethyl adjacent to an activating group) is 1. The van der Waals surface area contributed by atoms with E-state index in [1.165, 1.54) is 31.7 Å². The lowest BCUT2D eigenvalue weighted by Gasteiger charge is -2.33. The third-order valence-corrected chi connectivity index (χ3v) is 21.3. The van der Waals surface area contributed by atoms with E-state index >= 15 is 28.8 Å². The fourth-order valence-corrected chi connectivity index (χ4v) is 14.4. The number of carboxylic acids is 1. The molecule has 1 aromatic heterocycles. The van der Waals surface area contributed by atoms with Gasteiger partial charge in [0.05, 0.1) is 18.4 Å². The first-order chi connectivity index (χ1) is 58.3. The molecule has 0 saturated heterocycles. The molecule has 0 radical (unpaired) electrons. The molecule has 32 heteroatoms. The van der Waals surface area contributed by atoms with Crippen LogP contribution in [0, 0.1) is 11.8 Å². The predicted octanol–water partition coefficient (Wildman–Crippen LogP) is 8.29. The lowest BCUT2D eigenvalue weighted by Crippen LogP contribution is -2.62. The maximum atomic E-state index is 15.8. The highest BCUT2D eigenvalue weighted by Crippen LogP contribution is 2.44. The minimum Gasteiger partial charge on any atom is -0.488 e. The Labute approximate surface area is 730 Å². The van der Waals surface area contributed by atoms with Gasteiger partial charge >= 0.3 is 24.1 Å². The number of carboxylic acid groups (broad SMARTS) is 1. The van der Waals surface area contributed by atoms with Crippen molar-refractivity contribution in [1.29, 1.82) is 0 Å². The Morgan fingerprint density at radius 1 is 0.476 bits per heavy atom. The van der Waals surface area contributed by atoms with Crippen LogP contribution >= 0.6 is 15.9 Å². The van der Waals surface area contributed by atoms with Gasteiger partial charge in [0.1, 0.15) is 89.6 Å². The number of rotatable bonds is 39. The minimum atomic E-state index is -1.93. The molecular weight excluding hydrogens is 1660 g/mol. The van der Waals surface area contributed by atoms with Crippen molar-refractivity contribution in [1.82, 2.24) is 57.3 Å². The summed E-state index contributed by atoms with van der Waals surface area (Å²) in [6.07, 6.45) is -3.05. The molecule has 1 unspecified atom stereocenters. The summed E-state index contributed by atoms with van der Waals surface area (Å²) in [6.45, 7) is 23.1. The van der Waals surface area contributed by atoms with E-state index in [9.17, 15) is 43.5 Å². The molecule has 1 aliphatic carbocycles. The average Bonchev–Trinajstić information content (AvgIpc) is 1.62. The van der Waals surface area contributed by atoms with Crippen LogP contribution in [0.1, 0.15) is 155 Å². The molecule has 0 aliphatic heterocycles. The number of alkyl halides is 1. The van der Waals surface area contributed by atoms with Gasteiger partial charge in [-0.2, -0.15) is 0 Å². The molecule has 0 bridgehead atoms. The monoisotopic (exact) mass is 1770 g/mol. The summed E-state index contributed by atoms with van der Waals surface area (Å²) in [4.78, 5) is 201.